The van der Waals surface area contributed by atoms with Gasteiger partial charge in [0, 0.05) is 19.6 Å². The van der Waals surface area contributed by atoms with Gasteiger partial charge in [0.1, 0.15) is 11.4 Å². The standard InChI is InChI=1S/C19H27F3N2O3/c1-18(2,3)27-17(25)23-11-15-5-4-10-24(13-15)12-14-6-8-16(9-7-14)26-19(20,21)22/h6-9,15H,4-5,10-13H2,1-3H3,(H,23,25). The fourth-order valence-electron chi connectivity index (χ4n) is 3.06. The van der Waals surface area contributed by atoms with Crippen LogP contribution in [0.2, 0.25) is 0 Å². The van der Waals surface area contributed by atoms with E-state index in [1.54, 1.807) is 12.1 Å². The molecule has 0 radical (unpaired) electrons. The number of hydrogen-bond acceptors (Lipinski definition) is 4. The van der Waals surface area contributed by atoms with E-state index in [4.69, 9.17) is 4.74 Å². The maximum Gasteiger partial charge on any atom is 0.573 e. The third-order valence-electron chi connectivity index (χ3n) is 4.10. The molecule has 0 aromatic heterocycles. The van der Waals surface area contributed by atoms with Crippen molar-refractivity contribution in [1.29, 1.82) is 0 Å². The molecule has 27 heavy (non-hydrogen) atoms. The lowest BCUT2D eigenvalue weighted by atomic mass is 9.97. The van der Waals surface area contributed by atoms with Gasteiger partial charge in [-0.25, -0.2) is 4.79 Å². The van der Waals surface area contributed by atoms with Crippen LogP contribution in [0.4, 0.5) is 18.0 Å². The molecule has 1 amide bonds. The largest absolute Gasteiger partial charge is 0.573 e. The highest BCUT2D eigenvalue weighted by Gasteiger charge is 2.31. The number of hydrogen-bond donors (Lipinski definition) is 1. The topological polar surface area (TPSA) is 50.8 Å². The van der Waals surface area contributed by atoms with Crippen LogP contribution in [-0.2, 0) is 11.3 Å². The van der Waals surface area contributed by atoms with Crippen LogP contribution in [0.3, 0.4) is 0 Å². The first kappa shape index (κ1) is 21.3. The Morgan fingerprint density at radius 3 is 2.48 bits per heavy atom. The number of amides is 1. The van der Waals surface area contributed by atoms with Crippen molar-refractivity contribution in [3.8, 4) is 5.75 Å². The smallest absolute Gasteiger partial charge is 0.444 e. The number of carbonyl (C=O) groups is 1. The van der Waals surface area contributed by atoms with Crippen LogP contribution >= 0.6 is 0 Å². The molecule has 1 aliphatic rings. The van der Waals surface area contributed by atoms with Crippen molar-refractivity contribution in [3.05, 3.63) is 29.8 Å². The second-order valence-corrected chi connectivity index (χ2v) is 7.82. The van der Waals surface area contributed by atoms with Crippen LogP contribution in [0.25, 0.3) is 0 Å². The third kappa shape index (κ3) is 8.51. The molecule has 2 rings (SSSR count). The number of piperidine rings is 1. The number of alkyl carbamates (subject to hydrolysis) is 1. The molecule has 1 aliphatic heterocycles. The summed E-state index contributed by atoms with van der Waals surface area (Å²) in [4.78, 5) is 14.0. The average molecular weight is 388 g/mol. The Hall–Kier alpha value is -1.96. The maximum atomic E-state index is 12.2. The molecule has 8 heteroatoms. The molecular weight excluding hydrogens is 361 g/mol. The van der Waals surface area contributed by atoms with Crippen molar-refractivity contribution in [2.75, 3.05) is 19.6 Å². The first-order valence-corrected chi connectivity index (χ1v) is 9.04. The zero-order valence-electron chi connectivity index (χ0n) is 15.9. The summed E-state index contributed by atoms with van der Waals surface area (Å²) in [6.45, 7) is 8.39. The first-order valence-electron chi connectivity index (χ1n) is 9.04. The number of alkyl halides is 3. The van der Waals surface area contributed by atoms with Crippen LogP contribution in [0.5, 0.6) is 5.75 Å². The van der Waals surface area contributed by atoms with E-state index in [2.05, 4.69) is 15.0 Å². The van der Waals surface area contributed by atoms with Gasteiger partial charge in [0.05, 0.1) is 0 Å². The van der Waals surface area contributed by atoms with Crippen LogP contribution < -0.4 is 10.1 Å². The summed E-state index contributed by atoms with van der Waals surface area (Å²) in [5, 5.41) is 2.81. The van der Waals surface area contributed by atoms with Crippen molar-refractivity contribution in [2.45, 2.75) is 52.1 Å². The van der Waals surface area contributed by atoms with Crippen LogP contribution in [-0.4, -0.2) is 42.6 Å². The van der Waals surface area contributed by atoms with Gasteiger partial charge < -0.3 is 14.8 Å². The molecule has 0 aliphatic carbocycles. The second kappa shape index (κ2) is 8.82. The molecular formula is C19H27F3N2O3. The van der Waals surface area contributed by atoms with E-state index >= 15 is 0 Å². The van der Waals surface area contributed by atoms with Gasteiger partial charge in [-0.3, -0.25) is 4.90 Å². The van der Waals surface area contributed by atoms with E-state index in [9.17, 15) is 18.0 Å². The van der Waals surface area contributed by atoms with Gasteiger partial charge in [-0.2, -0.15) is 0 Å². The first-order chi connectivity index (χ1) is 12.5. The highest BCUT2D eigenvalue weighted by molar-refractivity contribution is 5.67. The van der Waals surface area contributed by atoms with Crippen molar-refractivity contribution < 1.29 is 27.4 Å². The van der Waals surface area contributed by atoms with Gasteiger partial charge in [0.15, 0.2) is 0 Å². The number of rotatable bonds is 5. The molecule has 1 atom stereocenters. The minimum absolute atomic E-state index is 0.218. The molecule has 1 saturated heterocycles. The zero-order valence-corrected chi connectivity index (χ0v) is 15.9. The lowest BCUT2D eigenvalue weighted by Gasteiger charge is -2.33. The van der Waals surface area contributed by atoms with E-state index in [-0.39, 0.29) is 5.75 Å². The molecule has 1 unspecified atom stereocenters. The summed E-state index contributed by atoms with van der Waals surface area (Å²) in [6, 6.07) is 5.94. The number of benzene rings is 1. The van der Waals surface area contributed by atoms with Gasteiger partial charge in [0.25, 0.3) is 0 Å². The van der Waals surface area contributed by atoms with Gasteiger partial charge >= 0.3 is 12.5 Å². The number of nitrogens with zero attached hydrogens (tertiary/aromatic N) is 1. The lowest BCUT2D eigenvalue weighted by molar-refractivity contribution is -0.274. The number of nitrogens with one attached hydrogen (secondary N) is 1. The lowest BCUT2D eigenvalue weighted by Crippen LogP contribution is -2.41. The fraction of sp³-hybridized carbons (Fsp3) is 0.632. The highest BCUT2D eigenvalue weighted by atomic mass is 19.4. The molecule has 0 saturated carbocycles. The van der Waals surface area contributed by atoms with Gasteiger partial charge in [-0.05, 0) is 63.8 Å². The predicted octanol–water partition coefficient (Wildman–Crippen LogP) is 4.32. The summed E-state index contributed by atoms with van der Waals surface area (Å²) in [6.07, 6.45) is -3.07. The summed E-state index contributed by atoms with van der Waals surface area (Å²) in [5.74, 6) is 0.100. The minimum atomic E-state index is -4.68. The van der Waals surface area contributed by atoms with Crippen LogP contribution in [0.1, 0.15) is 39.2 Å². The molecule has 1 fully saturated rings. The zero-order chi connectivity index (χ0) is 20.1. The van der Waals surface area contributed by atoms with E-state index < -0.39 is 18.1 Å². The SMILES string of the molecule is CC(C)(C)OC(=O)NCC1CCCN(Cc2ccc(OC(F)(F)F)cc2)C1. The second-order valence-electron chi connectivity index (χ2n) is 7.82. The summed E-state index contributed by atoms with van der Waals surface area (Å²) >= 11 is 0. The number of carbonyl (C=O) groups excluding carboxylic acids is 1. The van der Waals surface area contributed by atoms with Crippen molar-refractivity contribution in [2.24, 2.45) is 5.92 Å². The molecule has 5 nitrogen and oxygen atoms in total. The highest BCUT2D eigenvalue weighted by Crippen LogP contribution is 2.24. The Kier molecular flexibility index (Phi) is 6.97. The summed E-state index contributed by atoms with van der Waals surface area (Å²) in [5.41, 5.74) is 0.398. The van der Waals surface area contributed by atoms with Gasteiger partial charge in [-0.1, -0.05) is 12.1 Å². The Balaban J connectivity index is 1.79. The molecule has 1 N–H and O–H groups in total. The molecule has 0 spiro atoms. The number of likely N-dealkylation sites (tertiary alicyclic amines) is 1. The van der Waals surface area contributed by atoms with Crippen molar-refractivity contribution >= 4 is 6.09 Å². The van der Waals surface area contributed by atoms with Crippen LogP contribution in [0, 0.1) is 5.92 Å². The summed E-state index contributed by atoms with van der Waals surface area (Å²) in [7, 11) is 0. The minimum Gasteiger partial charge on any atom is -0.444 e. The predicted molar refractivity (Wildman–Crippen MR) is 95.4 cm³/mol. The Bertz CT molecular complexity index is 612. The Labute approximate surface area is 157 Å². The number of ether oxygens (including phenoxy) is 2. The maximum absolute atomic E-state index is 12.2. The molecule has 1 heterocycles. The Morgan fingerprint density at radius 2 is 1.89 bits per heavy atom. The normalized spacial score (nSPS) is 18.8. The summed E-state index contributed by atoms with van der Waals surface area (Å²) < 4.78 is 45.8. The monoisotopic (exact) mass is 388 g/mol. The van der Waals surface area contributed by atoms with Crippen molar-refractivity contribution in [3.63, 3.8) is 0 Å². The molecule has 152 valence electrons. The van der Waals surface area contributed by atoms with Crippen molar-refractivity contribution in [1.82, 2.24) is 10.2 Å². The Morgan fingerprint density at radius 1 is 1.22 bits per heavy atom. The molecule has 1 aromatic carbocycles. The van der Waals surface area contributed by atoms with Gasteiger partial charge in [-0.15, -0.1) is 13.2 Å². The molecule has 1 aromatic rings. The van der Waals surface area contributed by atoms with E-state index in [1.807, 2.05) is 20.8 Å². The number of halogens is 3. The van der Waals surface area contributed by atoms with E-state index in [0.29, 0.717) is 19.0 Å². The van der Waals surface area contributed by atoms with Gasteiger partial charge in [0.2, 0.25) is 0 Å². The van der Waals surface area contributed by atoms with Crippen LogP contribution in [0.15, 0.2) is 24.3 Å². The van der Waals surface area contributed by atoms with E-state index in [0.717, 1.165) is 31.5 Å². The quantitative estimate of drug-likeness (QED) is 0.816. The molecule has 0 bridgehead atoms. The fourth-order valence-corrected chi connectivity index (χ4v) is 3.06. The van der Waals surface area contributed by atoms with E-state index in [1.165, 1.54) is 12.1 Å². The average Bonchev–Trinajstić information content (AvgIpc) is 2.52. The third-order valence-corrected chi connectivity index (χ3v) is 4.10.